The van der Waals surface area contributed by atoms with E-state index in [0.717, 1.165) is 28.9 Å². The normalized spacial score (nSPS) is 11.7. The van der Waals surface area contributed by atoms with Crippen LogP contribution >= 0.6 is 0 Å². The topological polar surface area (TPSA) is 32.3 Å². The van der Waals surface area contributed by atoms with Crippen LogP contribution in [0, 0.1) is 5.92 Å². The number of rotatable bonds is 5. The summed E-state index contributed by atoms with van der Waals surface area (Å²) in [6, 6.07) is 5.58. The predicted octanol–water partition coefficient (Wildman–Crippen LogP) is 4.44. The number of allylic oxidation sites excluding steroid dienone is 3. The molecule has 0 aliphatic rings. The maximum absolute atomic E-state index is 9.98. The van der Waals surface area contributed by atoms with Gasteiger partial charge in [-0.05, 0) is 31.4 Å². The van der Waals surface area contributed by atoms with Crippen LogP contribution in [0.4, 0.5) is 5.69 Å². The molecule has 2 nitrogen and oxygen atoms in total. The molecule has 18 heavy (non-hydrogen) atoms. The van der Waals surface area contributed by atoms with Gasteiger partial charge in [-0.1, -0.05) is 44.2 Å². The number of hydrogen-bond donors (Lipinski definition) is 2. The molecule has 2 heteroatoms. The Kier molecular flexibility index (Phi) is 5.02. The second-order valence-electron chi connectivity index (χ2n) is 5.15. The third-order valence-electron chi connectivity index (χ3n) is 2.62. The van der Waals surface area contributed by atoms with Crippen molar-refractivity contribution >= 4 is 11.3 Å². The molecule has 0 aliphatic carbocycles. The van der Waals surface area contributed by atoms with E-state index in [2.05, 4.69) is 25.7 Å². The Morgan fingerprint density at radius 3 is 2.61 bits per heavy atom. The molecule has 0 unspecified atom stereocenters. The van der Waals surface area contributed by atoms with E-state index in [4.69, 9.17) is 0 Å². The zero-order valence-electron chi connectivity index (χ0n) is 11.7. The summed E-state index contributed by atoms with van der Waals surface area (Å²) in [7, 11) is 0. The molecule has 1 aromatic carbocycles. The predicted molar refractivity (Wildman–Crippen MR) is 79.9 cm³/mol. The molecule has 0 fully saturated rings. The van der Waals surface area contributed by atoms with E-state index in [-0.39, 0.29) is 0 Å². The zero-order chi connectivity index (χ0) is 13.7. The Bertz CT molecular complexity index is 458. The Morgan fingerprint density at radius 1 is 1.39 bits per heavy atom. The standard InChI is InChI=1S/C16H23NO/c1-11(2)9-13(5)14-7-6-8-15(18)16(14)17-10-12(3)4/h6-9,12,17-18H,1,10H2,2-5H3/b13-9-. The van der Waals surface area contributed by atoms with Crippen molar-refractivity contribution in [2.45, 2.75) is 27.7 Å². The largest absolute Gasteiger partial charge is 0.506 e. The third-order valence-corrected chi connectivity index (χ3v) is 2.62. The van der Waals surface area contributed by atoms with Gasteiger partial charge < -0.3 is 10.4 Å². The van der Waals surface area contributed by atoms with Crippen LogP contribution in [0.2, 0.25) is 0 Å². The van der Waals surface area contributed by atoms with E-state index < -0.39 is 0 Å². The number of aromatic hydroxyl groups is 1. The Hall–Kier alpha value is -1.70. The molecule has 0 radical (unpaired) electrons. The molecule has 98 valence electrons. The zero-order valence-corrected chi connectivity index (χ0v) is 11.7. The van der Waals surface area contributed by atoms with Crippen LogP contribution in [0.3, 0.4) is 0 Å². The van der Waals surface area contributed by atoms with Gasteiger partial charge in [0.05, 0.1) is 5.69 Å². The maximum atomic E-state index is 9.98. The SMILES string of the molecule is C=C(C)/C=C(/C)c1cccc(O)c1NCC(C)C. The molecule has 0 heterocycles. The number of para-hydroxylation sites is 1. The molecular weight excluding hydrogens is 222 g/mol. The molecule has 1 aromatic rings. The summed E-state index contributed by atoms with van der Waals surface area (Å²) in [5.41, 5.74) is 3.94. The monoisotopic (exact) mass is 245 g/mol. The maximum Gasteiger partial charge on any atom is 0.139 e. The minimum Gasteiger partial charge on any atom is -0.506 e. The molecule has 2 N–H and O–H groups in total. The van der Waals surface area contributed by atoms with Crippen molar-refractivity contribution in [3.05, 3.63) is 42.0 Å². The summed E-state index contributed by atoms with van der Waals surface area (Å²) >= 11 is 0. The van der Waals surface area contributed by atoms with E-state index in [1.807, 2.05) is 32.1 Å². The van der Waals surface area contributed by atoms with Gasteiger partial charge in [-0.25, -0.2) is 0 Å². The summed E-state index contributed by atoms with van der Waals surface area (Å²) in [6.07, 6.45) is 2.02. The molecule has 1 rings (SSSR count). The van der Waals surface area contributed by atoms with Crippen molar-refractivity contribution < 1.29 is 5.11 Å². The van der Waals surface area contributed by atoms with E-state index in [0.29, 0.717) is 11.7 Å². The lowest BCUT2D eigenvalue weighted by molar-refractivity contribution is 0.476. The van der Waals surface area contributed by atoms with Crippen molar-refractivity contribution in [1.29, 1.82) is 0 Å². The highest BCUT2D eigenvalue weighted by Crippen LogP contribution is 2.32. The summed E-state index contributed by atoms with van der Waals surface area (Å²) in [5, 5.41) is 13.3. The quantitative estimate of drug-likeness (QED) is 0.593. The fourth-order valence-corrected chi connectivity index (χ4v) is 1.81. The van der Waals surface area contributed by atoms with Crippen LogP contribution < -0.4 is 5.32 Å². The Balaban J connectivity index is 3.11. The van der Waals surface area contributed by atoms with Crippen molar-refractivity contribution in [2.24, 2.45) is 5.92 Å². The highest BCUT2D eigenvalue weighted by molar-refractivity contribution is 5.80. The van der Waals surface area contributed by atoms with Crippen molar-refractivity contribution in [2.75, 3.05) is 11.9 Å². The second-order valence-corrected chi connectivity index (χ2v) is 5.15. The number of nitrogens with one attached hydrogen (secondary N) is 1. The average Bonchev–Trinajstić information content (AvgIpc) is 2.25. The Morgan fingerprint density at radius 2 is 2.06 bits per heavy atom. The molecule has 0 aromatic heterocycles. The molecule has 0 saturated carbocycles. The van der Waals surface area contributed by atoms with Gasteiger partial charge in [-0.2, -0.15) is 0 Å². The summed E-state index contributed by atoms with van der Waals surface area (Å²) in [5.74, 6) is 0.825. The van der Waals surface area contributed by atoms with Gasteiger partial charge in [0.2, 0.25) is 0 Å². The smallest absolute Gasteiger partial charge is 0.139 e. The molecule has 0 amide bonds. The van der Waals surface area contributed by atoms with Gasteiger partial charge in [0.1, 0.15) is 5.75 Å². The van der Waals surface area contributed by atoms with Crippen LogP contribution in [0.1, 0.15) is 33.3 Å². The lowest BCUT2D eigenvalue weighted by Gasteiger charge is -2.15. The fourth-order valence-electron chi connectivity index (χ4n) is 1.81. The summed E-state index contributed by atoms with van der Waals surface area (Å²) < 4.78 is 0. The molecule has 0 saturated heterocycles. The molecule has 0 aliphatic heterocycles. The second kappa shape index (κ2) is 6.29. The van der Waals surface area contributed by atoms with E-state index in [1.54, 1.807) is 6.07 Å². The van der Waals surface area contributed by atoms with Crippen LogP contribution in [-0.4, -0.2) is 11.7 Å². The number of phenols is 1. The lowest BCUT2D eigenvalue weighted by Crippen LogP contribution is -2.09. The highest BCUT2D eigenvalue weighted by atomic mass is 16.3. The van der Waals surface area contributed by atoms with Gasteiger partial charge in [0.25, 0.3) is 0 Å². The molecule has 0 atom stereocenters. The van der Waals surface area contributed by atoms with Crippen molar-refractivity contribution in [1.82, 2.24) is 0 Å². The third kappa shape index (κ3) is 3.95. The first kappa shape index (κ1) is 14.4. The first-order valence-corrected chi connectivity index (χ1v) is 6.32. The van der Waals surface area contributed by atoms with Crippen LogP contribution in [0.5, 0.6) is 5.75 Å². The Labute approximate surface area is 110 Å². The summed E-state index contributed by atoms with van der Waals surface area (Å²) in [4.78, 5) is 0. The number of benzene rings is 1. The van der Waals surface area contributed by atoms with E-state index in [1.165, 1.54) is 0 Å². The van der Waals surface area contributed by atoms with Gasteiger partial charge >= 0.3 is 0 Å². The van der Waals surface area contributed by atoms with Gasteiger partial charge in [-0.15, -0.1) is 0 Å². The lowest BCUT2D eigenvalue weighted by atomic mass is 10.0. The molecule has 0 bridgehead atoms. The molecular formula is C16H23NO. The van der Waals surface area contributed by atoms with Crippen molar-refractivity contribution in [3.63, 3.8) is 0 Å². The minimum absolute atomic E-state index is 0.294. The van der Waals surface area contributed by atoms with Crippen LogP contribution in [0.15, 0.2) is 36.4 Å². The van der Waals surface area contributed by atoms with Gasteiger partial charge in [-0.3, -0.25) is 0 Å². The summed E-state index contributed by atoms with van der Waals surface area (Å²) in [6.45, 7) is 13.0. The van der Waals surface area contributed by atoms with Gasteiger partial charge in [0.15, 0.2) is 0 Å². The number of anilines is 1. The average molecular weight is 245 g/mol. The van der Waals surface area contributed by atoms with Crippen molar-refractivity contribution in [3.8, 4) is 5.75 Å². The van der Waals surface area contributed by atoms with E-state index in [9.17, 15) is 5.11 Å². The number of phenolic OH excluding ortho intramolecular Hbond substituents is 1. The minimum atomic E-state index is 0.294. The fraction of sp³-hybridized carbons (Fsp3) is 0.375. The number of hydrogen-bond acceptors (Lipinski definition) is 2. The highest BCUT2D eigenvalue weighted by Gasteiger charge is 2.09. The molecule has 0 spiro atoms. The van der Waals surface area contributed by atoms with Crippen LogP contribution in [0.25, 0.3) is 5.57 Å². The first-order chi connectivity index (χ1) is 8.41. The van der Waals surface area contributed by atoms with E-state index >= 15 is 0 Å². The first-order valence-electron chi connectivity index (χ1n) is 6.32. The van der Waals surface area contributed by atoms with Crippen LogP contribution in [-0.2, 0) is 0 Å². The van der Waals surface area contributed by atoms with Gasteiger partial charge in [0, 0.05) is 12.1 Å².